The quantitative estimate of drug-likeness (QED) is 0.0376. The zero-order valence-electron chi connectivity index (χ0n) is 49.5. The van der Waals surface area contributed by atoms with E-state index in [0.29, 0.717) is 17.3 Å². The Kier molecular flexibility index (Phi) is 20.6. The fourth-order valence-electron chi connectivity index (χ4n) is 11.7. The lowest BCUT2D eigenvalue weighted by Crippen LogP contribution is -2.78. The summed E-state index contributed by atoms with van der Waals surface area (Å²) in [5.74, 6) is 12.4. The van der Waals surface area contributed by atoms with Gasteiger partial charge in [0.25, 0.3) is 33.3 Å². The van der Waals surface area contributed by atoms with Crippen molar-refractivity contribution in [2.24, 2.45) is 0 Å². The van der Waals surface area contributed by atoms with E-state index in [-0.39, 0.29) is 12.1 Å². The summed E-state index contributed by atoms with van der Waals surface area (Å²) in [7, 11) is -31.2. The summed E-state index contributed by atoms with van der Waals surface area (Å²) in [6, 6.07) is 93.2. The minimum atomic E-state index is -4.83. The first kappa shape index (κ1) is 63.2. The molecule has 9 aromatic rings. The molecule has 0 saturated heterocycles. The highest BCUT2D eigenvalue weighted by Crippen LogP contribution is 2.35. The molecular weight excluding hydrogens is 1190 g/mol. The average Bonchev–Trinajstić information content (AvgIpc) is 0.921. The molecule has 0 N–H and O–H groups in total. The molecule has 9 rings (SSSR count). The SMILES string of the molecule is C#CC[Si](O[Si](C)(C)O[Si](C)(O[Si](O[Si](C)(C)O[Si](CC#C)(c1ccccc1)c1ccccc1)(O[Si](CC#C)(c1ccccc1)c1ccccc1)c1ccccc1)O[Si](CC#C)(c1ccccc1)c1ccccc1)(c1ccccc1)c1ccccc1. The van der Waals surface area contributed by atoms with Crippen LogP contribution in [0.1, 0.15) is 0 Å². The van der Waals surface area contributed by atoms with Crippen molar-refractivity contribution in [2.45, 2.75) is 56.9 Å². The summed E-state index contributed by atoms with van der Waals surface area (Å²) in [6.07, 6.45) is 26.3. The predicted octanol–water partition coefficient (Wildman–Crippen LogP) is 9.49. The molecule has 9 aromatic carbocycles. The number of rotatable bonds is 27. The number of benzene rings is 9. The van der Waals surface area contributed by atoms with Crippen LogP contribution >= 0.6 is 0 Å². The second-order valence-electron chi connectivity index (χ2n) is 22.1. The van der Waals surface area contributed by atoms with E-state index in [4.69, 9.17) is 54.5 Å². The Morgan fingerprint density at radius 1 is 0.233 bits per heavy atom. The Hall–Kier alpha value is -7.32. The van der Waals surface area contributed by atoms with Gasteiger partial charge in [-0.15, -0.1) is 49.4 Å². The number of hydrogen-bond acceptors (Lipinski definition) is 7. The van der Waals surface area contributed by atoms with Crippen molar-refractivity contribution < 1.29 is 28.8 Å². The Morgan fingerprint density at radius 3 is 0.663 bits per heavy atom. The fourth-order valence-corrected chi connectivity index (χ4v) is 52.1. The van der Waals surface area contributed by atoms with E-state index in [1.165, 1.54) is 0 Å². The first-order chi connectivity index (χ1) is 41.6. The van der Waals surface area contributed by atoms with E-state index in [2.05, 4.69) is 147 Å². The summed E-state index contributed by atoms with van der Waals surface area (Å²) < 4.78 is 57.9. The van der Waals surface area contributed by atoms with Gasteiger partial charge in [0, 0.05) is 35.9 Å². The average molecular weight is 1260 g/mol. The number of terminal acetylenes is 4. The molecule has 15 heteroatoms. The largest absolute Gasteiger partial charge is 0.510 e. The van der Waals surface area contributed by atoms with Crippen LogP contribution in [0.5, 0.6) is 0 Å². The molecular formula is C71H72O7Si8. The summed E-state index contributed by atoms with van der Waals surface area (Å²) in [5.41, 5.74) is 0. The van der Waals surface area contributed by atoms with Crippen molar-refractivity contribution >= 4 is 115 Å². The van der Waals surface area contributed by atoms with Crippen LogP contribution in [-0.4, -0.2) is 68.0 Å². The van der Waals surface area contributed by atoms with Gasteiger partial charge in [0.05, 0.1) is 0 Å². The maximum atomic E-state index is 8.55. The van der Waals surface area contributed by atoms with Crippen LogP contribution in [0.3, 0.4) is 0 Å². The maximum Gasteiger partial charge on any atom is 0.510 e. The summed E-state index contributed by atoms with van der Waals surface area (Å²) >= 11 is 0. The standard InChI is InChI=1S/C71H72O7Si8/c1-10-59-82(63-41-23-14-24-42-63,64-43-25-15-26-44-64)73-79(5,6)72-81(9,76-84(61-12-3,67-49-31-18-32-50-67)68-51-33-19-34-52-68)77-86(71-57-39-22-40-58-71,78-85(62-13-4,69-53-35-20-36-54-69)70-55-37-21-38-56-70)75-80(7,8)74-83(60-11-2,65-45-27-16-28-46-65)66-47-29-17-30-48-66/h1-4,14-58H,59-62H2,5-9H3. The van der Waals surface area contributed by atoms with Gasteiger partial charge < -0.3 is 28.8 Å². The third-order valence-corrected chi connectivity index (χ3v) is 50.2. The van der Waals surface area contributed by atoms with Gasteiger partial charge >= 0.3 is 34.7 Å². The molecule has 0 aromatic heterocycles. The lowest BCUT2D eigenvalue weighted by Gasteiger charge is -2.50. The van der Waals surface area contributed by atoms with E-state index in [0.717, 1.165) is 41.5 Å². The molecule has 0 fully saturated rings. The van der Waals surface area contributed by atoms with E-state index in [1.807, 2.05) is 182 Å². The van der Waals surface area contributed by atoms with Crippen LogP contribution < -0.4 is 46.7 Å². The first-order valence-corrected chi connectivity index (χ1v) is 46.8. The van der Waals surface area contributed by atoms with Gasteiger partial charge in [-0.3, -0.25) is 0 Å². The Bertz CT molecular complexity index is 3620. The molecule has 0 bridgehead atoms. The highest BCUT2D eigenvalue weighted by Gasteiger charge is 2.64. The van der Waals surface area contributed by atoms with Gasteiger partial charge in [-0.2, -0.15) is 0 Å². The van der Waals surface area contributed by atoms with Crippen LogP contribution in [0.15, 0.2) is 273 Å². The van der Waals surface area contributed by atoms with Crippen molar-refractivity contribution in [3.63, 3.8) is 0 Å². The van der Waals surface area contributed by atoms with Crippen LogP contribution in [-0.2, 0) is 28.8 Å². The molecule has 2 unspecified atom stereocenters. The molecule has 7 nitrogen and oxygen atoms in total. The Balaban J connectivity index is 1.37. The first-order valence-electron chi connectivity index (χ1n) is 28.8. The van der Waals surface area contributed by atoms with Crippen molar-refractivity contribution in [2.75, 3.05) is 0 Å². The Labute approximate surface area is 519 Å². The van der Waals surface area contributed by atoms with Crippen molar-refractivity contribution in [3.05, 3.63) is 273 Å². The highest BCUT2D eigenvalue weighted by molar-refractivity contribution is 7.08. The lowest BCUT2D eigenvalue weighted by atomic mass is 10.4. The van der Waals surface area contributed by atoms with E-state index in [1.54, 1.807) is 0 Å². The van der Waals surface area contributed by atoms with Gasteiger partial charge in [-0.1, -0.05) is 273 Å². The molecule has 86 heavy (non-hydrogen) atoms. The van der Waals surface area contributed by atoms with E-state index < -0.39 is 68.0 Å². The molecule has 0 saturated carbocycles. The molecule has 2 atom stereocenters. The van der Waals surface area contributed by atoms with Gasteiger partial charge in [-0.05, 0) is 67.7 Å². The topological polar surface area (TPSA) is 64.6 Å². The van der Waals surface area contributed by atoms with Gasteiger partial charge in [-0.25, -0.2) is 0 Å². The van der Waals surface area contributed by atoms with Gasteiger partial charge in [0.2, 0.25) is 0 Å². The summed E-state index contributed by atoms with van der Waals surface area (Å²) in [4.78, 5) is 0. The van der Waals surface area contributed by atoms with Crippen molar-refractivity contribution in [3.8, 4) is 49.4 Å². The summed E-state index contributed by atoms with van der Waals surface area (Å²) in [5, 5.41) is 8.31. The van der Waals surface area contributed by atoms with Gasteiger partial charge in [0.15, 0.2) is 0 Å². The van der Waals surface area contributed by atoms with Crippen LogP contribution in [0.25, 0.3) is 0 Å². The maximum absolute atomic E-state index is 8.55. The predicted molar refractivity (Wildman–Crippen MR) is 372 cm³/mol. The van der Waals surface area contributed by atoms with Crippen LogP contribution in [0, 0.1) is 49.4 Å². The van der Waals surface area contributed by atoms with E-state index in [9.17, 15) is 0 Å². The molecule has 0 aliphatic carbocycles. The molecule has 0 heterocycles. The summed E-state index contributed by atoms with van der Waals surface area (Å²) in [6.45, 7) is 10.2. The highest BCUT2D eigenvalue weighted by atomic mass is 28.6. The lowest BCUT2D eigenvalue weighted by molar-refractivity contribution is 0.173. The third kappa shape index (κ3) is 14.1. The van der Waals surface area contributed by atoms with E-state index >= 15 is 0 Å². The van der Waals surface area contributed by atoms with Crippen LogP contribution in [0.4, 0.5) is 0 Å². The normalized spacial score (nSPS) is 13.6. The fraction of sp³-hybridized carbons (Fsp3) is 0.127. The number of hydrogen-bond donors (Lipinski definition) is 0. The molecule has 0 radical (unpaired) electrons. The minimum absolute atomic E-state index is 0.198. The zero-order chi connectivity index (χ0) is 60.6. The molecule has 0 aliphatic rings. The molecule has 0 amide bonds. The molecule has 0 spiro atoms. The minimum Gasteiger partial charge on any atom is -0.428 e. The van der Waals surface area contributed by atoms with Crippen LogP contribution in [0.2, 0.25) is 56.9 Å². The second kappa shape index (κ2) is 28.0. The molecule has 430 valence electrons. The monoisotopic (exact) mass is 1260 g/mol. The zero-order valence-corrected chi connectivity index (χ0v) is 57.5. The van der Waals surface area contributed by atoms with Crippen molar-refractivity contribution in [1.29, 1.82) is 0 Å². The third-order valence-electron chi connectivity index (χ3n) is 15.1. The Morgan fingerprint density at radius 2 is 0.430 bits per heavy atom. The molecule has 0 aliphatic heterocycles. The smallest absolute Gasteiger partial charge is 0.428 e. The van der Waals surface area contributed by atoms with Gasteiger partial charge in [0.1, 0.15) is 0 Å². The van der Waals surface area contributed by atoms with Crippen molar-refractivity contribution in [1.82, 2.24) is 0 Å². The second-order valence-corrected chi connectivity index (χ2v) is 49.4.